The van der Waals surface area contributed by atoms with E-state index in [0.717, 1.165) is 18.8 Å². The maximum Gasteiger partial charge on any atom is 0.251 e. The molecular formula is C19H24N2O2S. The van der Waals surface area contributed by atoms with Crippen molar-refractivity contribution in [3.63, 3.8) is 0 Å². The van der Waals surface area contributed by atoms with Crippen LogP contribution in [0.4, 0.5) is 0 Å². The summed E-state index contributed by atoms with van der Waals surface area (Å²) in [5, 5.41) is 5.21. The van der Waals surface area contributed by atoms with Crippen LogP contribution in [0.1, 0.15) is 41.0 Å². The Morgan fingerprint density at radius 3 is 2.83 bits per heavy atom. The summed E-state index contributed by atoms with van der Waals surface area (Å²) in [5.74, 6) is 0.691. The third-order valence-electron chi connectivity index (χ3n) is 4.32. The molecule has 0 bridgehead atoms. The number of carbonyl (C=O) groups excluding carboxylic acids is 1. The highest BCUT2D eigenvalue weighted by atomic mass is 32.1. The maximum atomic E-state index is 12.5. The third kappa shape index (κ3) is 4.16. The second-order valence-corrected chi connectivity index (χ2v) is 6.92. The molecule has 1 atom stereocenters. The van der Waals surface area contributed by atoms with Gasteiger partial charge in [-0.25, -0.2) is 0 Å². The lowest BCUT2D eigenvalue weighted by Gasteiger charge is -2.27. The zero-order valence-corrected chi connectivity index (χ0v) is 14.8. The molecule has 1 unspecified atom stereocenters. The molecule has 2 aromatic rings. The topological polar surface area (TPSA) is 41.6 Å². The van der Waals surface area contributed by atoms with Crippen molar-refractivity contribution in [2.45, 2.75) is 25.8 Å². The first kappa shape index (κ1) is 17.0. The van der Waals surface area contributed by atoms with E-state index < -0.39 is 0 Å². The van der Waals surface area contributed by atoms with Gasteiger partial charge in [0.1, 0.15) is 5.75 Å². The third-order valence-corrected chi connectivity index (χ3v) is 5.29. The minimum Gasteiger partial charge on any atom is -0.494 e. The fourth-order valence-corrected chi connectivity index (χ4v) is 3.99. The number of hydrogen-bond donors (Lipinski definition) is 1. The lowest BCUT2D eigenvalue weighted by molar-refractivity contribution is 0.0938. The average Bonchev–Trinajstić information content (AvgIpc) is 3.30. The summed E-state index contributed by atoms with van der Waals surface area (Å²) in [6.07, 6.45) is 2.48. The number of nitrogens with one attached hydrogen (secondary N) is 1. The predicted octanol–water partition coefficient (Wildman–Crippen LogP) is 3.71. The molecule has 3 rings (SSSR count). The molecule has 5 heteroatoms. The van der Waals surface area contributed by atoms with Crippen LogP contribution in [0.15, 0.2) is 41.8 Å². The van der Waals surface area contributed by atoms with Crippen molar-refractivity contribution >= 4 is 17.2 Å². The molecule has 2 heterocycles. The largest absolute Gasteiger partial charge is 0.494 e. The number of carbonyl (C=O) groups is 1. The molecule has 0 spiro atoms. The van der Waals surface area contributed by atoms with Crippen molar-refractivity contribution < 1.29 is 9.53 Å². The Hall–Kier alpha value is -1.85. The summed E-state index contributed by atoms with van der Waals surface area (Å²) >= 11 is 1.76. The van der Waals surface area contributed by atoms with Crippen LogP contribution in [0.3, 0.4) is 0 Å². The molecule has 1 aliphatic heterocycles. The van der Waals surface area contributed by atoms with Crippen LogP contribution in [-0.2, 0) is 0 Å². The number of thiophene rings is 1. The van der Waals surface area contributed by atoms with Gasteiger partial charge in [-0.05, 0) is 62.5 Å². The molecule has 0 aliphatic carbocycles. The molecule has 0 saturated carbocycles. The van der Waals surface area contributed by atoms with Crippen molar-refractivity contribution in [2.24, 2.45) is 0 Å². The monoisotopic (exact) mass is 344 g/mol. The molecule has 1 fully saturated rings. The molecule has 1 aromatic heterocycles. The van der Waals surface area contributed by atoms with Gasteiger partial charge in [-0.15, -0.1) is 11.3 Å². The fourth-order valence-electron chi connectivity index (χ4n) is 3.13. The van der Waals surface area contributed by atoms with Crippen molar-refractivity contribution in [1.29, 1.82) is 0 Å². The van der Waals surface area contributed by atoms with Crippen LogP contribution in [0.2, 0.25) is 0 Å². The molecule has 24 heavy (non-hydrogen) atoms. The van der Waals surface area contributed by atoms with Gasteiger partial charge < -0.3 is 10.1 Å². The standard InChI is InChI=1S/C19H24N2O2S/c1-2-23-16-8-5-7-15(13-16)19(22)20-14-17(18-9-6-12-24-18)21-10-3-4-11-21/h5-9,12-13,17H,2-4,10-11,14H2,1H3,(H,20,22). The van der Waals surface area contributed by atoms with E-state index in [0.29, 0.717) is 18.7 Å². The summed E-state index contributed by atoms with van der Waals surface area (Å²) in [4.78, 5) is 16.3. The van der Waals surface area contributed by atoms with Gasteiger partial charge in [-0.1, -0.05) is 12.1 Å². The first-order valence-electron chi connectivity index (χ1n) is 8.56. The molecule has 4 nitrogen and oxygen atoms in total. The van der Waals surface area contributed by atoms with E-state index >= 15 is 0 Å². The van der Waals surface area contributed by atoms with Crippen molar-refractivity contribution in [3.8, 4) is 5.75 Å². The maximum absolute atomic E-state index is 12.5. The Morgan fingerprint density at radius 1 is 1.29 bits per heavy atom. The van der Waals surface area contributed by atoms with Gasteiger partial charge in [0.2, 0.25) is 0 Å². The minimum atomic E-state index is -0.0442. The first-order valence-corrected chi connectivity index (χ1v) is 9.44. The molecule has 1 aliphatic rings. The zero-order valence-electron chi connectivity index (χ0n) is 14.0. The number of likely N-dealkylation sites (tertiary alicyclic amines) is 1. The van der Waals surface area contributed by atoms with Gasteiger partial charge in [0.15, 0.2) is 0 Å². The molecule has 128 valence electrons. The van der Waals surface area contributed by atoms with E-state index in [2.05, 4.69) is 27.7 Å². The highest BCUT2D eigenvalue weighted by Gasteiger charge is 2.24. The first-order chi connectivity index (χ1) is 11.8. The van der Waals surface area contributed by atoms with Gasteiger partial charge in [-0.2, -0.15) is 0 Å². The number of ether oxygens (including phenoxy) is 1. The van der Waals surface area contributed by atoms with Crippen LogP contribution < -0.4 is 10.1 Å². The second-order valence-electron chi connectivity index (χ2n) is 5.95. The smallest absolute Gasteiger partial charge is 0.251 e. The van der Waals surface area contributed by atoms with Crippen molar-refractivity contribution in [3.05, 3.63) is 52.2 Å². The summed E-state index contributed by atoms with van der Waals surface area (Å²) in [6, 6.07) is 11.9. The quantitative estimate of drug-likeness (QED) is 0.832. The molecule has 1 saturated heterocycles. The van der Waals surface area contributed by atoms with E-state index in [1.165, 1.54) is 17.7 Å². The number of benzene rings is 1. The number of nitrogens with zero attached hydrogens (tertiary/aromatic N) is 1. The van der Waals surface area contributed by atoms with E-state index in [9.17, 15) is 4.79 Å². The van der Waals surface area contributed by atoms with Crippen LogP contribution in [-0.4, -0.2) is 37.0 Å². The number of amides is 1. The van der Waals surface area contributed by atoms with Gasteiger partial charge in [0.25, 0.3) is 5.91 Å². The second kappa shape index (κ2) is 8.31. The van der Waals surface area contributed by atoms with Crippen molar-refractivity contribution in [2.75, 3.05) is 26.2 Å². The van der Waals surface area contributed by atoms with E-state index in [1.807, 2.05) is 25.1 Å². The molecular weight excluding hydrogens is 320 g/mol. The molecule has 1 aromatic carbocycles. The summed E-state index contributed by atoms with van der Waals surface area (Å²) in [7, 11) is 0. The molecule has 1 amide bonds. The Labute approximate surface area is 147 Å². The minimum absolute atomic E-state index is 0.0442. The highest BCUT2D eigenvalue weighted by Crippen LogP contribution is 2.28. The van der Waals surface area contributed by atoms with Crippen LogP contribution in [0.25, 0.3) is 0 Å². The van der Waals surface area contributed by atoms with Gasteiger partial charge in [0, 0.05) is 17.0 Å². The highest BCUT2D eigenvalue weighted by molar-refractivity contribution is 7.10. The number of rotatable bonds is 7. The average molecular weight is 344 g/mol. The van der Waals surface area contributed by atoms with Gasteiger partial charge in [0.05, 0.1) is 12.6 Å². The Morgan fingerprint density at radius 2 is 2.12 bits per heavy atom. The fraction of sp³-hybridized carbons (Fsp3) is 0.421. The van der Waals surface area contributed by atoms with E-state index in [1.54, 1.807) is 17.4 Å². The molecule has 1 N–H and O–H groups in total. The predicted molar refractivity (Wildman–Crippen MR) is 97.8 cm³/mol. The van der Waals surface area contributed by atoms with Crippen molar-refractivity contribution in [1.82, 2.24) is 10.2 Å². The Balaban J connectivity index is 1.65. The Bertz CT molecular complexity index is 651. The zero-order chi connectivity index (χ0) is 16.8. The summed E-state index contributed by atoms with van der Waals surface area (Å²) in [5.41, 5.74) is 0.646. The lowest BCUT2D eigenvalue weighted by atomic mass is 10.1. The van der Waals surface area contributed by atoms with Gasteiger partial charge in [-0.3, -0.25) is 9.69 Å². The Kier molecular flexibility index (Phi) is 5.88. The normalized spacial score (nSPS) is 16.0. The van der Waals surface area contributed by atoms with E-state index in [4.69, 9.17) is 4.74 Å². The summed E-state index contributed by atoms with van der Waals surface area (Å²) in [6.45, 7) is 5.39. The van der Waals surface area contributed by atoms with Crippen LogP contribution >= 0.6 is 11.3 Å². The number of hydrogen-bond acceptors (Lipinski definition) is 4. The van der Waals surface area contributed by atoms with E-state index in [-0.39, 0.29) is 11.9 Å². The summed E-state index contributed by atoms with van der Waals surface area (Å²) < 4.78 is 5.48. The SMILES string of the molecule is CCOc1cccc(C(=O)NCC(c2cccs2)N2CCCC2)c1. The lowest BCUT2D eigenvalue weighted by Crippen LogP contribution is -2.36. The van der Waals surface area contributed by atoms with Gasteiger partial charge >= 0.3 is 0 Å². The van der Waals surface area contributed by atoms with Crippen LogP contribution in [0, 0.1) is 0 Å². The van der Waals surface area contributed by atoms with Crippen LogP contribution in [0.5, 0.6) is 5.75 Å². The molecule has 0 radical (unpaired) electrons.